The molecule has 21 heavy (non-hydrogen) atoms. The van der Waals surface area contributed by atoms with E-state index in [0.717, 1.165) is 25.0 Å². The predicted octanol–water partition coefficient (Wildman–Crippen LogP) is 2.00. The fourth-order valence-electron chi connectivity index (χ4n) is 2.05. The second-order valence-electron chi connectivity index (χ2n) is 5.09. The van der Waals surface area contributed by atoms with E-state index in [0.29, 0.717) is 19.0 Å². The second kappa shape index (κ2) is 5.90. The number of nitrogens with two attached hydrogens (primary N) is 1. The molecule has 0 heterocycles. The molecule has 116 valence electrons. The first-order chi connectivity index (χ1) is 9.74. The van der Waals surface area contributed by atoms with Crippen molar-refractivity contribution in [1.82, 2.24) is 4.90 Å². The Morgan fingerprint density at radius 3 is 2.57 bits per heavy atom. The van der Waals surface area contributed by atoms with Crippen molar-refractivity contribution < 1.29 is 17.6 Å². The summed E-state index contributed by atoms with van der Waals surface area (Å²) < 4.78 is 36.8. The van der Waals surface area contributed by atoms with Crippen LogP contribution in [0.3, 0.4) is 0 Å². The van der Waals surface area contributed by atoms with Crippen LogP contribution in [0.15, 0.2) is 17.0 Å². The summed E-state index contributed by atoms with van der Waals surface area (Å²) in [6.07, 6.45) is 2.10. The molecular formula is C13H16ClFN2O3S. The maximum absolute atomic E-state index is 14.0. The number of amides is 1. The zero-order valence-corrected chi connectivity index (χ0v) is 13.0. The molecule has 0 bridgehead atoms. The Morgan fingerprint density at radius 1 is 1.48 bits per heavy atom. The Bertz CT molecular complexity index is 674. The van der Waals surface area contributed by atoms with Crippen LogP contribution in [-0.2, 0) is 10.0 Å². The summed E-state index contributed by atoms with van der Waals surface area (Å²) in [4.78, 5) is 13.4. The fourth-order valence-corrected chi connectivity index (χ4v) is 3.13. The Morgan fingerprint density at radius 2 is 2.10 bits per heavy atom. The second-order valence-corrected chi connectivity index (χ2v) is 7.03. The van der Waals surface area contributed by atoms with E-state index >= 15 is 0 Å². The first kappa shape index (κ1) is 16.2. The highest BCUT2D eigenvalue weighted by Gasteiger charge is 2.28. The van der Waals surface area contributed by atoms with Crippen LogP contribution in [0.2, 0.25) is 5.02 Å². The molecule has 0 radical (unpaired) electrons. The summed E-state index contributed by atoms with van der Waals surface area (Å²) in [5.74, 6) is -0.961. The molecule has 1 aromatic carbocycles. The Hall–Kier alpha value is -1.18. The minimum absolute atomic E-state index is 0.328. The molecule has 1 saturated carbocycles. The maximum atomic E-state index is 14.0. The molecule has 2 rings (SSSR count). The molecule has 0 unspecified atom stereocenters. The van der Waals surface area contributed by atoms with Gasteiger partial charge in [0.15, 0.2) is 0 Å². The molecule has 8 heteroatoms. The van der Waals surface area contributed by atoms with E-state index in [9.17, 15) is 17.6 Å². The standard InChI is InChI=1S/C13H16ClFN2O3S/c1-2-17(7-8-3-4-8)13(18)9-5-12(21(16,19)20)10(14)6-11(9)15/h5-6,8H,2-4,7H2,1H3,(H2,16,19,20). The number of halogens is 2. The summed E-state index contributed by atoms with van der Waals surface area (Å²) in [6, 6.07) is 1.71. The number of carbonyl (C=O) groups excluding carboxylic acids is 1. The highest BCUT2D eigenvalue weighted by molar-refractivity contribution is 7.89. The summed E-state index contributed by atoms with van der Waals surface area (Å²) in [7, 11) is -4.12. The lowest BCUT2D eigenvalue weighted by molar-refractivity contribution is 0.0752. The molecule has 2 N–H and O–H groups in total. The topological polar surface area (TPSA) is 80.5 Å². The summed E-state index contributed by atoms with van der Waals surface area (Å²) in [6.45, 7) is 2.75. The Labute approximate surface area is 127 Å². The van der Waals surface area contributed by atoms with Crippen LogP contribution >= 0.6 is 11.6 Å². The molecule has 0 aromatic heterocycles. The van der Waals surface area contributed by atoms with E-state index in [1.165, 1.54) is 4.90 Å². The van der Waals surface area contributed by atoms with Crippen molar-refractivity contribution in [2.75, 3.05) is 13.1 Å². The van der Waals surface area contributed by atoms with Crippen molar-refractivity contribution in [2.45, 2.75) is 24.7 Å². The van der Waals surface area contributed by atoms with E-state index in [-0.39, 0.29) is 10.6 Å². The van der Waals surface area contributed by atoms with Gasteiger partial charge in [0.25, 0.3) is 5.91 Å². The zero-order valence-electron chi connectivity index (χ0n) is 11.5. The van der Waals surface area contributed by atoms with Gasteiger partial charge in [0.2, 0.25) is 10.0 Å². The van der Waals surface area contributed by atoms with Crippen LogP contribution in [0.5, 0.6) is 0 Å². The number of hydrogen-bond acceptors (Lipinski definition) is 3. The quantitative estimate of drug-likeness (QED) is 0.894. The maximum Gasteiger partial charge on any atom is 0.256 e. The minimum atomic E-state index is -4.12. The summed E-state index contributed by atoms with van der Waals surface area (Å²) >= 11 is 5.67. The average Bonchev–Trinajstić information content (AvgIpc) is 3.17. The lowest BCUT2D eigenvalue weighted by atomic mass is 10.1. The van der Waals surface area contributed by atoms with Gasteiger partial charge in [-0.3, -0.25) is 4.79 Å². The van der Waals surface area contributed by atoms with Crippen molar-refractivity contribution >= 4 is 27.5 Å². The molecular weight excluding hydrogens is 319 g/mol. The van der Waals surface area contributed by atoms with Gasteiger partial charge in [0, 0.05) is 13.1 Å². The Kier molecular flexibility index (Phi) is 4.55. The number of primary sulfonamides is 1. The molecule has 1 aliphatic carbocycles. The molecule has 1 fully saturated rings. The fraction of sp³-hybridized carbons (Fsp3) is 0.462. The smallest absolute Gasteiger partial charge is 0.256 e. The molecule has 0 saturated heterocycles. The van der Waals surface area contributed by atoms with Crippen LogP contribution in [0.1, 0.15) is 30.1 Å². The van der Waals surface area contributed by atoms with E-state index in [2.05, 4.69) is 0 Å². The largest absolute Gasteiger partial charge is 0.339 e. The third kappa shape index (κ3) is 3.72. The van der Waals surface area contributed by atoms with Gasteiger partial charge in [0.1, 0.15) is 10.7 Å². The predicted molar refractivity (Wildman–Crippen MR) is 77.1 cm³/mol. The number of rotatable bonds is 5. The molecule has 0 atom stereocenters. The molecule has 1 aromatic rings. The number of hydrogen-bond donors (Lipinski definition) is 1. The van der Waals surface area contributed by atoms with Gasteiger partial charge >= 0.3 is 0 Å². The van der Waals surface area contributed by atoms with Crippen molar-refractivity contribution in [3.05, 3.63) is 28.5 Å². The molecule has 1 aliphatic rings. The van der Waals surface area contributed by atoms with Gasteiger partial charge in [0.05, 0.1) is 10.6 Å². The first-order valence-corrected chi connectivity index (χ1v) is 8.47. The van der Waals surface area contributed by atoms with E-state index in [1.807, 2.05) is 0 Å². The van der Waals surface area contributed by atoms with Crippen LogP contribution in [-0.4, -0.2) is 32.3 Å². The van der Waals surface area contributed by atoms with Gasteiger partial charge in [-0.15, -0.1) is 0 Å². The van der Waals surface area contributed by atoms with E-state index in [1.54, 1.807) is 6.92 Å². The monoisotopic (exact) mass is 334 g/mol. The molecule has 1 amide bonds. The summed E-state index contributed by atoms with van der Waals surface area (Å²) in [5, 5.41) is 4.68. The zero-order chi connectivity index (χ0) is 15.8. The third-order valence-corrected chi connectivity index (χ3v) is 4.78. The van der Waals surface area contributed by atoms with Crippen molar-refractivity contribution in [3.63, 3.8) is 0 Å². The number of benzene rings is 1. The van der Waals surface area contributed by atoms with Crippen molar-refractivity contribution in [3.8, 4) is 0 Å². The van der Waals surface area contributed by atoms with Crippen LogP contribution < -0.4 is 5.14 Å². The lowest BCUT2D eigenvalue weighted by Crippen LogP contribution is -2.33. The van der Waals surface area contributed by atoms with Crippen molar-refractivity contribution in [2.24, 2.45) is 11.1 Å². The number of nitrogens with zero attached hydrogens (tertiary/aromatic N) is 1. The number of carbonyl (C=O) groups is 1. The Balaban J connectivity index is 2.39. The molecule has 5 nitrogen and oxygen atoms in total. The van der Waals surface area contributed by atoms with Gasteiger partial charge in [-0.05, 0) is 37.8 Å². The molecule has 0 aliphatic heterocycles. The average molecular weight is 335 g/mol. The van der Waals surface area contributed by atoms with Gasteiger partial charge in [-0.2, -0.15) is 0 Å². The molecule has 0 spiro atoms. The van der Waals surface area contributed by atoms with E-state index in [4.69, 9.17) is 16.7 Å². The third-order valence-electron chi connectivity index (χ3n) is 3.40. The van der Waals surface area contributed by atoms with Crippen LogP contribution in [0, 0.1) is 11.7 Å². The highest BCUT2D eigenvalue weighted by Crippen LogP contribution is 2.31. The van der Waals surface area contributed by atoms with Crippen molar-refractivity contribution in [1.29, 1.82) is 0 Å². The van der Waals surface area contributed by atoms with Crippen LogP contribution in [0.4, 0.5) is 4.39 Å². The van der Waals surface area contributed by atoms with E-state index < -0.39 is 26.6 Å². The normalized spacial score (nSPS) is 15.0. The van der Waals surface area contributed by atoms with Gasteiger partial charge in [-0.25, -0.2) is 17.9 Å². The SMILES string of the molecule is CCN(CC1CC1)C(=O)c1cc(S(N)(=O)=O)c(Cl)cc1F. The van der Waals surface area contributed by atoms with Gasteiger partial charge in [-0.1, -0.05) is 11.6 Å². The van der Waals surface area contributed by atoms with Crippen LogP contribution in [0.25, 0.3) is 0 Å². The number of sulfonamides is 1. The first-order valence-electron chi connectivity index (χ1n) is 6.55. The highest BCUT2D eigenvalue weighted by atomic mass is 35.5. The summed E-state index contributed by atoms with van der Waals surface area (Å²) in [5.41, 5.74) is -0.328. The lowest BCUT2D eigenvalue weighted by Gasteiger charge is -2.21. The van der Waals surface area contributed by atoms with Gasteiger partial charge < -0.3 is 4.90 Å². The minimum Gasteiger partial charge on any atom is -0.339 e.